The quantitative estimate of drug-likeness (QED) is 0.349. The van der Waals surface area contributed by atoms with Gasteiger partial charge in [0.25, 0.3) is 0 Å². The van der Waals surface area contributed by atoms with Crippen LogP contribution in [0.1, 0.15) is 16.7 Å². The molecular weight excluding hydrogens is 426 g/mol. The van der Waals surface area contributed by atoms with Gasteiger partial charge in [0.15, 0.2) is 12.3 Å². The van der Waals surface area contributed by atoms with Gasteiger partial charge >= 0.3 is 5.91 Å². The van der Waals surface area contributed by atoms with Crippen molar-refractivity contribution in [3.05, 3.63) is 88.4 Å². The van der Waals surface area contributed by atoms with Crippen molar-refractivity contribution in [3.63, 3.8) is 0 Å². The molecule has 1 heterocycles. The third kappa shape index (κ3) is 4.65. The fourth-order valence-corrected chi connectivity index (χ4v) is 3.51. The number of aromatic nitrogens is 1. The van der Waals surface area contributed by atoms with Crippen LogP contribution >= 0.6 is 11.6 Å². The van der Waals surface area contributed by atoms with Gasteiger partial charge in [-0.15, -0.1) is 10.2 Å². The number of azo groups is 1. The Labute approximate surface area is 190 Å². The summed E-state index contributed by atoms with van der Waals surface area (Å²) in [5.74, 6) is -0.0102. The Morgan fingerprint density at radius 2 is 1.78 bits per heavy atom. The van der Waals surface area contributed by atoms with Crippen molar-refractivity contribution in [2.75, 3.05) is 6.61 Å². The van der Waals surface area contributed by atoms with Crippen LogP contribution in [0.5, 0.6) is 11.6 Å². The normalized spacial score (nSPS) is 11.3. The Kier molecular flexibility index (Phi) is 6.23. The molecule has 4 aromatic rings. The minimum Gasteiger partial charge on any atom is -0.493 e. The third-order valence-electron chi connectivity index (χ3n) is 5.27. The molecule has 0 radical (unpaired) electrons. The van der Waals surface area contributed by atoms with E-state index in [2.05, 4.69) is 10.2 Å². The largest absolute Gasteiger partial charge is 0.493 e. The summed E-state index contributed by atoms with van der Waals surface area (Å²) in [4.78, 5) is 12.2. The second-order valence-corrected chi connectivity index (χ2v) is 7.97. The Morgan fingerprint density at radius 3 is 2.53 bits per heavy atom. The van der Waals surface area contributed by atoms with E-state index in [4.69, 9.17) is 16.3 Å². The van der Waals surface area contributed by atoms with Gasteiger partial charge in [-0.3, -0.25) is 4.79 Å². The lowest BCUT2D eigenvalue weighted by Crippen LogP contribution is -2.08. The first kappa shape index (κ1) is 21.6. The number of nitrogens with zero attached hydrogens (tertiary/aromatic N) is 3. The molecule has 0 aliphatic carbocycles. The average Bonchev–Trinajstić information content (AvgIpc) is 3.05. The van der Waals surface area contributed by atoms with Crippen molar-refractivity contribution in [3.8, 4) is 11.6 Å². The highest BCUT2D eigenvalue weighted by Crippen LogP contribution is 2.39. The number of hydrogen-bond donors (Lipinski definition) is 1. The number of halogens is 1. The molecule has 0 aliphatic heterocycles. The van der Waals surface area contributed by atoms with Gasteiger partial charge in [0.1, 0.15) is 5.75 Å². The van der Waals surface area contributed by atoms with E-state index in [9.17, 15) is 9.90 Å². The number of hydrogen-bond acceptors (Lipinski definition) is 4. The van der Waals surface area contributed by atoms with Crippen molar-refractivity contribution in [2.24, 2.45) is 10.2 Å². The topological polar surface area (TPSA) is 76.2 Å². The first-order valence-corrected chi connectivity index (χ1v) is 10.5. The van der Waals surface area contributed by atoms with Crippen LogP contribution in [0.15, 0.2) is 77.0 Å². The highest BCUT2D eigenvalue weighted by atomic mass is 35.5. The van der Waals surface area contributed by atoms with Gasteiger partial charge in [-0.1, -0.05) is 48.0 Å². The lowest BCUT2D eigenvalue weighted by molar-refractivity contribution is -0.120. The van der Waals surface area contributed by atoms with Gasteiger partial charge in [0.2, 0.25) is 5.88 Å². The zero-order valence-corrected chi connectivity index (χ0v) is 18.5. The van der Waals surface area contributed by atoms with E-state index in [1.807, 2.05) is 68.4 Å². The number of carbonyl (C=O) groups excluding carboxylic acids is 1. The Bertz CT molecular complexity index is 1310. The summed E-state index contributed by atoms with van der Waals surface area (Å²) < 4.78 is 7.25. The van der Waals surface area contributed by atoms with E-state index < -0.39 is 5.91 Å². The second-order valence-electron chi connectivity index (χ2n) is 7.53. The maximum Gasteiger partial charge on any atom is 0.302 e. The van der Waals surface area contributed by atoms with Crippen LogP contribution < -0.4 is 4.74 Å². The second kappa shape index (κ2) is 9.24. The molecule has 6 nitrogen and oxygen atoms in total. The van der Waals surface area contributed by atoms with E-state index in [-0.39, 0.29) is 18.2 Å². The molecule has 0 fully saturated rings. The molecule has 1 amide bonds. The summed E-state index contributed by atoms with van der Waals surface area (Å²) in [5, 5.41) is 20.0. The number of aromatic hydroxyl groups is 1. The van der Waals surface area contributed by atoms with Gasteiger partial charge in [0.05, 0.1) is 12.1 Å². The Hall–Kier alpha value is -3.64. The van der Waals surface area contributed by atoms with Gasteiger partial charge < -0.3 is 14.4 Å². The van der Waals surface area contributed by atoms with Crippen LogP contribution in [0.2, 0.25) is 5.02 Å². The minimum absolute atomic E-state index is 0.0622. The fraction of sp³-hybridized carbons (Fsp3) is 0.160. The molecule has 4 rings (SSSR count). The molecule has 0 spiro atoms. The molecule has 1 N–H and O–H groups in total. The average molecular weight is 448 g/mol. The number of benzene rings is 3. The van der Waals surface area contributed by atoms with Crippen LogP contribution in [-0.4, -0.2) is 22.2 Å². The molecule has 0 saturated carbocycles. The summed E-state index contributed by atoms with van der Waals surface area (Å²) in [6.45, 7) is 4.17. The van der Waals surface area contributed by atoms with Crippen molar-refractivity contribution < 1.29 is 14.6 Å². The number of rotatable bonds is 6. The molecule has 162 valence electrons. The van der Waals surface area contributed by atoms with Crippen molar-refractivity contribution in [2.45, 2.75) is 20.4 Å². The lowest BCUT2D eigenvalue weighted by atomic mass is 10.1. The predicted octanol–water partition coefficient (Wildman–Crippen LogP) is 6.35. The fourth-order valence-electron chi connectivity index (χ4n) is 3.39. The Morgan fingerprint density at radius 1 is 1.03 bits per heavy atom. The highest BCUT2D eigenvalue weighted by Gasteiger charge is 2.17. The number of carbonyl (C=O) groups is 1. The van der Waals surface area contributed by atoms with E-state index >= 15 is 0 Å². The van der Waals surface area contributed by atoms with E-state index in [1.165, 1.54) is 0 Å². The molecule has 0 bridgehead atoms. The molecule has 0 saturated heterocycles. The summed E-state index contributed by atoms with van der Waals surface area (Å²) in [6, 6.07) is 20.4. The molecule has 1 aromatic heterocycles. The van der Waals surface area contributed by atoms with Crippen molar-refractivity contribution in [1.82, 2.24) is 4.57 Å². The maximum absolute atomic E-state index is 12.2. The molecule has 0 atom stereocenters. The van der Waals surface area contributed by atoms with Crippen LogP contribution in [0, 0.1) is 13.8 Å². The van der Waals surface area contributed by atoms with E-state index in [0.717, 1.165) is 22.2 Å². The van der Waals surface area contributed by atoms with Crippen LogP contribution in [0.4, 0.5) is 5.69 Å². The number of fused-ring (bicyclic) bond motifs is 1. The summed E-state index contributed by atoms with van der Waals surface area (Å²) in [7, 11) is 0. The zero-order chi connectivity index (χ0) is 22.7. The van der Waals surface area contributed by atoms with Gasteiger partial charge in [-0.05, 0) is 60.9 Å². The smallest absolute Gasteiger partial charge is 0.302 e. The monoisotopic (exact) mass is 447 g/mol. The summed E-state index contributed by atoms with van der Waals surface area (Å²) in [6.07, 6.45) is 0. The minimum atomic E-state index is -0.544. The number of ether oxygens (including phenoxy) is 1. The van der Waals surface area contributed by atoms with Gasteiger partial charge in [-0.25, -0.2) is 0 Å². The van der Waals surface area contributed by atoms with Gasteiger partial charge in [-0.2, -0.15) is 0 Å². The Balaban J connectivity index is 1.55. The molecule has 0 aliphatic rings. The van der Waals surface area contributed by atoms with Crippen LogP contribution in [-0.2, 0) is 11.3 Å². The van der Waals surface area contributed by atoms with E-state index in [0.29, 0.717) is 22.7 Å². The predicted molar refractivity (Wildman–Crippen MR) is 125 cm³/mol. The zero-order valence-electron chi connectivity index (χ0n) is 17.7. The summed E-state index contributed by atoms with van der Waals surface area (Å²) in [5.41, 5.74) is 4.22. The first-order valence-electron chi connectivity index (χ1n) is 10.1. The number of para-hydroxylation sites is 1. The van der Waals surface area contributed by atoms with Crippen LogP contribution in [0.3, 0.4) is 0 Å². The maximum atomic E-state index is 12.2. The third-order valence-corrected chi connectivity index (χ3v) is 5.53. The SMILES string of the molecule is Cc1ccc(OCC(=O)N=Nc2c(O)n(Cc3ccc(Cl)cc3)c3ccccc23)cc1C. The van der Waals surface area contributed by atoms with Crippen molar-refractivity contribution in [1.29, 1.82) is 0 Å². The standard InChI is InChI=1S/C25H22ClN3O3/c1-16-7-12-20(13-17(16)2)32-15-23(30)27-28-24-21-5-3-4-6-22(21)29(25(24)31)14-18-8-10-19(26)11-9-18/h3-13,31H,14-15H2,1-2H3. The van der Waals surface area contributed by atoms with Crippen molar-refractivity contribution >= 4 is 34.1 Å². The van der Waals surface area contributed by atoms with Crippen LogP contribution in [0.25, 0.3) is 10.9 Å². The highest BCUT2D eigenvalue weighted by molar-refractivity contribution is 6.30. The lowest BCUT2D eigenvalue weighted by Gasteiger charge is -2.07. The molecule has 3 aromatic carbocycles. The molecule has 0 unspecified atom stereocenters. The van der Waals surface area contributed by atoms with E-state index in [1.54, 1.807) is 16.7 Å². The van der Waals surface area contributed by atoms with Gasteiger partial charge in [0, 0.05) is 10.4 Å². The number of aryl methyl sites for hydroxylation is 2. The first-order chi connectivity index (χ1) is 15.4. The number of amides is 1. The molecule has 7 heteroatoms. The molecular formula is C25H22ClN3O3. The summed E-state index contributed by atoms with van der Waals surface area (Å²) >= 11 is 5.97. The molecule has 32 heavy (non-hydrogen) atoms.